The molecule has 0 fully saturated rings. The molecule has 2 heteroatoms. The third kappa shape index (κ3) is 4.96. The van der Waals surface area contributed by atoms with Crippen LogP contribution < -0.4 is 4.90 Å². The van der Waals surface area contributed by atoms with Crippen LogP contribution in [0.25, 0.3) is 76.9 Å². The van der Waals surface area contributed by atoms with Gasteiger partial charge in [0.05, 0.1) is 22.4 Å². The molecule has 0 aliphatic heterocycles. The van der Waals surface area contributed by atoms with E-state index in [1.54, 1.807) is 0 Å². The van der Waals surface area contributed by atoms with Crippen molar-refractivity contribution in [2.45, 2.75) is 0 Å². The molecule has 0 atom stereocenters. The number of nitrogens with zero attached hydrogens (tertiary/aromatic N) is 1. The van der Waals surface area contributed by atoms with Gasteiger partial charge in [-0.05, 0) is 68.7 Å². The number of rotatable bonds is 6. The Morgan fingerprint density at radius 2 is 0.904 bits per heavy atom. The van der Waals surface area contributed by atoms with Crippen LogP contribution in [0.1, 0.15) is 0 Å². The molecule has 52 heavy (non-hydrogen) atoms. The minimum atomic E-state index is 0.868. The van der Waals surface area contributed by atoms with E-state index in [9.17, 15) is 0 Å². The fourth-order valence-electron chi connectivity index (χ4n) is 7.84. The predicted octanol–water partition coefficient (Wildman–Crippen LogP) is 14.4. The third-order valence-corrected chi connectivity index (χ3v) is 10.3. The Bertz CT molecular complexity index is 2890. The molecule has 9 aromatic carbocycles. The Labute approximate surface area is 302 Å². The fraction of sp³-hybridized carbons (Fsp3) is 0. The van der Waals surface area contributed by atoms with Crippen LogP contribution in [0.15, 0.2) is 205 Å². The lowest BCUT2D eigenvalue weighted by atomic mass is 9.95. The third-order valence-electron chi connectivity index (χ3n) is 10.3. The van der Waals surface area contributed by atoms with E-state index in [1.807, 2.05) is 0 Å². The Kier molecular flexibility index (Phi) is 7.18. The summed E-state index contributed by atoms with van der Waals surface area (Å²) in [7, 11) is 0. The summed E-state index contributed by atoms with van der Waals surface area (Å²) in [6.07, 6.45) is 0. The van der Waals surface area contributed by atoms with Gasteiger partial charge in [0, 0.05) is 21.9 Å². The van der Waals surface area contributed by atoms with Gasteiger partial charge in [-0.25, -0.2) is 0 Å². The zero-order valence-electron chi connectivity index (χ0n) is 28.4. The van der Waals surface area contributed by atoms with Gasteiger partial charge in [0.1, 0.15) is 11.2 Å². The first-order chi connectivity index (χ1) is 25.8. The molecule has 0 N–H and O–H groups in total. The van der Waals surface area contributed by atoms with Crippen molar-refractivity contribution in [2.75, 3.05) is 4.90 Å². The molecule has 10 aromatic rings. The summed E-state index contributed by atoms with van der Waals surface area (Å²) in [5, 5.41) is 7.05. The standard InChI is InChI=1S/C50H33NO/c1-3-14-34(15-4-1)35-26-28-38(29-27-35)41-32-33-47(49-44-21-10-12-25-48(44)52-50(41)49)51(45-23-11-9-20-40(45)36-16-5-2-6-17-36)46-24-13-22-42-39-19-8-7-18-37(39)30-31-43(42)46/h1-33H. The van der Waals surface area contributed by atoms with E-state index >= 15 is 0 Å². The molecule has 244 valence electrons. The molecule has 1 heterocycles. The van der Waals surface area contributed by atoms with E-state index in [4.69, 9.17) is 4.42 Å². The average Bonchev–Trinajstić information content (AvgIpc) is 3.62. The Balaban J connectivity index is 1.27. The first kappa shape index (κ1) is 30.0. The maximum atomic E-state index is 6.85. The lowest BCUT2D eigenvalue weighted by Gasteiger charge is -2.30. The number of furan rings is 1. The molecule has 0 bridgehead atoms. The highest BCUT2D eigenvalue weighted by Gasteiger charge is 2.25. The van der Waals surface area contributed by atoms with Gasteiger partial charge in [-0.3, -0.25) is 0 Å². The van der Waals surface area contributed by atoms with Crippen molar-refractivity contribution in [3.63, 3.8) is 0 Å². The van der Waals surface area contributed by atoms with Gasteiger partial charge in [0.2, 0.25) is 0 Å². The molecular weight excluding hydrogens is 631 g/mol. The van der Waals surface area contributed by atoms with Gasteiger partial charge in [0.25, 0.3) is 0 Å². The lowest BCUT2D eigenvalue weighted by molar-refractivity contribution is 0.670. The molecule has 0 saturated heterocycles. The molecule has 1 aromatic heterocycles. The topological polar surface area (TPSA) is 16.4 Å². The second-order valence-corrected chi connectivity index (χ2v) is 13.3. The molecule has 0 aliphatic rings. The first-order valence-electron chi connectivity index (χ1n) is 17.8. The van der Waals surface area contributed by atoms with Gasteiger partial charge in [-0.15, -0.1) is 0 Å². The summed E-state index contributed by atoms with van der Waals surface area (Å²) in [4.78, 5) is 2.45. The van der Waals surface area contributed by atoms with Crippen LogP contribution in [0.2, 0.25) is 0 Å². The van der Waals surface area contributed by atoms with Crippen molar-refractivity contribution < 1.29 is 4.42 Å². The molecule has 0 radical (unpaired) electrons. The molecular formula is C50H33NO. The summed E-state index contributed by atoms with van der Waals surface area (Å²) in [5.41, 5.74) is 11.9. The van der Waals surface area contributed by atoms with Crippen LogP contribution in [-0.2, 0) is 0 Å². The van der Waals surface area contributed by atoms with Gasteiger partial charge in [-0.1, -0.05) is 170 Å². The van der Waals surface area contributed by atoms with Crippen LogP contribution in [0.5, 0.6) is 0 Å². The SMILES string of the molecule is c1ccc(-c2ccc(-c3ccc(N(c4ccccc4-c4ccccc4)c4cccc5c4ccc4ccccc45)c4c3oc3ccccc34)cc2)cc1. The highest BCUT2D eigenvalue weighted by atomic mass is 16.3. The number of anilines is 3. The van der Waals surface area contributed by atoms with E-state index in [0.717, 1.165) is 61.3 Å². The van der Waals surface area contributed by atoms with Gasteiger partial charge >= 0.3 is 0 Å². The number of hydrogen-bond donors (Lipinski definition) is 0. The van der Waals surface area contributed by atoms with E-state index in [2.05, 4.69) is 205 Å². The Hall–Kier alpha value is -6.90. The largest absolute Gasteiger partial charge is 0.455 e. The summed E-state index contributed by atoms with van der Waals surface area (Å²) in [6, 6.07) is 71.6. The van der Waals surface area contributed by atoms with E-state index < -0.39 is 0 Å². The zero-order chi connectivity index (χ0) is 34.4. The molecule has 0 saturated carbocycles. The van der Waals surface area contributed by atoms with Crippen molar-refractivity contribution in [3.05, 3.63) is 200 Å². The van der Waals surface area contributed by atoms with E-state index in [1.165, 1.54) is 32.7 Å². The Morgan fingerprint density at radius 3 is 1.73 bits per heavy atom. The fourth-order valence-corrected chi connectivity index (χ4v) is 7.84. The van der Waals surface area contributed by atoms with Crippen molar-refractivity contribution in [1.82, 2.24) is 0 Å². The highest BCUT2D eigenvalue weighted by Crippen LogP contribution is 2.49. The maximum absolute atomic E-state index is 6.85. The van der Waals surface area contributed by atoms with Gasteiger partial charge in [0.15, 0.2) is 0 Å². The van der Waals surface area contributed by atoms with Crippen molar-refractivity contribution in [3.8, 4) is 33.4 Å². The predicted molar refractivity (Wildman–Crippen MR) is 220 cm³/mol. The Morgan fingerprint density at radius 1 is 0.308 bits per heavy atom. The van der Waals surface area contributed by atoms with E-state index in [-0.39, 0.29) is 0 Å². The van der Waals surface area contributed by atoms with Crippen molar-refractivity contribution in [2.24, 2.45) is 0 Å². The summed E-state index contributed by atoms with van der Waals surface area (Å²) in [6.45, 7) is 0. The van der Waals surface area contributed by atoms with Crippen molar-refractivity contribution in [1.29, 1.82) is 0 Å². The van der Waals surface area contributed by atoms with Crippen molar-refractivity contribution >= 4 is 60.5 Å². The second kappa shape index (κ2) is 12.5. The molecule has 0 aliphatic carbocycles. The molecule has 10 rings (SSSR count). The van der Waals surface area contributed by atoms with Crippen LogP contribution >= 0.6 is 0 Å². The highest BCUT2D eigenvalue weighted by molar-refractivity contribution is 6.19. The quantitative estimate of drug-likeness (QED) is 0.165. The normalized spacial score (nSPS) is 11.5. The molecule has 0 unspecified atom stereocenters. The minimum Gasteiger partial charge on any atom is -0.455 e. The second-order valence-electron chi connectivity index (χ2n) is 13.3. The van der Waals surface area contributed by atoms with Crippen LogP contribution in [0, 0.1) is 0 Å². The van der Waals surface area contributed by atoms with E-state index in [0.29, 0.717) is 0 Å². The minimum absolute atomic E-state index is 0.868. The molecule has 0 spiro atoms. The summed E-state index contributed by atoms with van der Waals surface area (Å²) in [5.74, 6) is 0. The summed E-state index contributed by atoms with van der Waals surface area (Å²) < 4.78 is 6.85. The number of para-hydroxylation sites is 2. The summed E-state index contributed by atoms with van der Waals surface area (Å²) >= 11 is 0. The zero-order valence-corrected chi connectivity index (χ0v) is 28.4. The average molecular weight is 664 g/mol. The monoisotopic (exact) mass is 663 g/mol. The van der Waals surface area contributed by atoms with Gasteiger partial charge < -0.3 is 9.32 Å². The lowest BCUT2D eigenvalue weighted by Crippen LogP contribution is -2.12. The molecule has 0 amide bonds. The number of benzene rings is 9. The van der Waals surface area contributed by atoms with Gasteiger partial charge in [-0.2, -0.15) is 0 Å². The number of hydrogen-bond acceptors (Lipinski definition) is 2. The number of fused-ring (bicyclic) bond motifs is 6. The molecule has 2 nitrogen and oxygen atoms in total. The first-order valence-corrected chi connectivity index (χ1v) is 17.8. The smallest absolute Gasteiger partial charge is 0.145 e. The van der Waals surface area contributed by atoms with Crippen LogP contribution in [0.3, 0.4) is 0 Å². The van der Waals surface area contributed by atoms with Crippen LogP contribution in [0.4, 0.5) is 17.1 Å². The van der Waals surface area contributed by atoms with Crippen LogP contribution in [-0.4, -0.2) is 0 Å². The maximum Gasteiger partial charge on any atom is 0.145 e.